The van der Waals surface area contributed by atoms with E-state index in [-0.39, 0.29) is 5.56 Å². The van der Waals surface area contributed by atoms with Crippen LogP contribution in [0.4, 0.5) is 0 Å². The molecule has 4 heterocycles. The molecule has 0 aliphatic rings. The van der Waals surface area contributed by atoms with E-state index < -0.39 is 0 Å². The zero-order chi connectivity index (χ0) is 38.8. The lowest BCUT2D eigenvalue weighted by atomic mass is 9.95. The summed E-state index contributed by atoms with van der Waals surface area (Å²) in [6.07, 6.45) is 0. The molecule has 13 aromatic rings. The first-order valence-electron chi connectivity index (χ1n) is 20.0. The molecule has 274 valence electrons. The molecule has 0 N–H and O–H groups in total. The van der Waals surface area contributed by atoms with Gasteiger partial charge >= 0.3 is 0 Å². The van der Waals surface area contributed by atoms with Gasteiger partial charge < -0.3 is 4.57 Å². The van der Waals surface area contributed by atoms with E-state index in [9.17, 15) is 4.79 Å². The first kappa shape index (κ1) is 32.5. The fourth-order valence-corrected chi connectivity index (χ4v) is 10.9. The van der Waals surface area contributed by atoms with Crippen molar-refractivity contribution in [2.24, 2.45) is 0 Å². The Kier molecular flexibility index (Phi) is 6.75. The molecule has 0 saturated heterocycles. The third-order valence-corrected chi connectivity index (χ3v) is 13.6. The number of fused-ring (bicyclic) bond motifs is 11. The van der Waals surface area contributed by atoms with E-state index in [1.165, 1.54) is 69.8 Å². The monoisotopic (exact) mass is 768 g/mol. The molecule has 0 radical (unpaired) electrons. The lowest BCUT2D eigenvalue weighted by Gasteiger charge is -2.11. The van der Waals surface area contributed by atoms with Gasteiger partial charge in [-0.1, -0.05) is 121 Å². The van der Waals surface area contributed by atoms with Gasteiger partial charge in [0.1, 0.15) is 0 Å². The molecule has 59 heavy (non-hydrogen) atoms. The summed E-state index contributed by atoms with van der Waals surface area (Å²) >= 11 is 1.84. The minimum atomic E-state index is 0.0315. The van der Waals surface area contributed by atoms with Crippen LogP contribution in [0.5, 0.6) is 0 Å². The molecular weight excluding hydrogens is 737 g/mol. The fourth-order valence-electron chi connectivity index (χ4n) is 9.83. The van der Waals surface area contributed by atoms with Crippen molar-refractivity contribution in [3.63, 3.8) is 0 Å². The van der Waals surface area contributed by atoms with Crippen LogP contribution in [0.2, 0.25) is 0 Å². The Morgan fingerprint density at radius 1 is 0.356 bits per heavy atom. The van der Waals surface area contributed by atoms with Crippen molar-refractivity contribution < 1.29 is 0 Å². The molecule has 0 spiro atoms. The summed E-state index contributed by atoms with van der Waals surface area (Å²) in [5.41, 5.74) is 12.7. The molecule has 0 saturated carbocycles. The maximum atomic E-state index is 14.0. The van der Waals surface area contributed by atoms with Gasteiger partial charge in [-0.15, -0.1) is 11.3 Å². The van der Waals surface area contributed by atoms with Crippen molar-refractivity contribution in [1.82, 2.24) is 8.97 Å². The SMILES string of the molecule is O=c1c2ccccc2c2cc(-c3cccc4sc5ccc(-n6c7ccccc7c7cc(-c8cccc(-c9ccccc9)c8)ccc76)cc5c34)cc3c4ccccc4n1c23. The van der Waals surface area contributed by atoms with Gasteiger partial charge in [0.15, 0.2) is 0 Å². The van der Waals surface area contributed by atoms with Crippen molar-refractivity contribution in [1.29, 1.82) is 0 Å². The Morgan fingerprint density at radius 3 is 1.80 bits per heavy atom. The van der Waals surface area contributed by atoms with E-state index in [4.69, 9.17) is 0 Å². The molecular formula is C55H32N2OS. The van der Waals surface area contributed by atoms with Gasteiger partial charge in [-0.2, -0.15) is 0 Å². The number of para-hydroxylation sites is 2. The van der Waals surface area contributed by atoms with Gasteiger partial charge in [0.25, 0.3) is 5.56 Å². The number of thiophene rings is 1. The summed E-state index contributed by atoms with van der Waals surface area (Å²) in [4.78, 5) is 14.0. The summed E-state index contributed by atoms with van der Waals surface area (Å²) in [6, 6.07) is 69.8. The maximum Gasteiger partial charge on any atom is 0.263 e. The molecule has 0 atom stereocenters. The molecule has 0 bridgehead atoms. The number of hydrogen-bond donors (Lipinski definition) is 0. The first-order valence-corrected chi connectivity index (χ1v) is 20.9. The molecule has 13 rings (SSSR count). The fraction of sp³-hybridized carbons (Fsp3) is 0. The molecule has 0 aliphatic heterocycles. The number of hydrogen-bond acceptors (Lipinski definition) is 2. The van der Waals surface area contributed by atoms with Crippen molar-refractivity contribution in [2.75, 3.05) is 0 Å². The van der Waals surface area contributed by atoms with Crippen LogP contribution in [0, 0.1) is 0 Å². The van der Waals surface area contributed by atoms with Gasteiger partial charge in [-0.3, -0.25) is 9.20 Å². The van der Waals surface area contributed by atoms with E-state index in [1.54, 1.807) is 0 Å². The van der Waals surface area contributed by atoms with Crippen molar-refractivity contribution in [3.05, 3.63) is 204 Å². The normalized spacial score (nSPS) is 12.1. The van der Waals surface area contributed by atoms with Gasteiger partial charge in [-0.25, -0.2) is 0 Å². The van der Waals surface area contributed by atoms with Crippen LogP contribution in [0.3, 0.4) is 0 Å². The Morgan fingerprint density at radius 2 is 0.966 bits per heavy atom. The predicted molar refractivity (Wildman–Crippen MR) is 251 cm³/mol. The van der Waals surface area contributed by atoms with Crippen molar-refractivity contribution >= 4 is 91.3 Å². The van der Waals surface area contributed by atoms with Crippen LogP contribution in [-0.4, -0.2) is 8.97 Å². The zero-order valence-corrected chi connectivity index (χ0v) is 32.5. The Hall–Kier alpha value is -7.53. The molecule has 0 aliphatic carbocycles. The lowest BCUT2D eigenvalue weighted by Crippen LogP contribution is -2.12. The number of pyridine rings is 1. The van der Waals surface area contributed by atoms with Gasteiger partial charge in [0.2, 0.25) is 0 Å². The third-order valence-electron chi connectivity index (χ3n) is 12.4. The van der Waals surface area contributed by atoms with Crippen LogP contribution >= 0.6 is 11.3 Å². The highest BCUT2D eigenvalue weighted by molar-refractivity contribution is 7.26. The summed E-state index contributed by atoms with van der Waals surface area (Å²) in [7, 11) is 0. The Bertz CT molecular complexity index is 3930. The van der Waals surface area contributed by atoms with Crippen molar-refractivity contribution in [2.45, 2.75) is 0 Å². The van der Waals surface area contributed by atoms with Crippen molar-refractivity contribution in [3.8, 4) is 39.1 Å². The number of benzene rings is 9. The smallest absolute Gasteiger partial charge is 0.263 e. The summed E-state index contributed by atoms with van der Waals surface area (Å²) < 4.78 is 6.87. The average Bonchev–Trinajstić information content (AvgIpc) is 3.96. The second-order valence-corrected chi connectivity index (χ2v) is 16.7. The number of nitrogens with zero attached hydrogens (tertiary/aromatic N) is 2. The molecule has 0 amide bonds. The van der Waals surface area contributed by atoms with E-state index in [1.807, 2.05) is 40.0 Å². The van der Waals surface area contributed by atoms with Crippen LogP contribution < -0.4 is 5.56 Å². The van der Waals surface area contributed by atoms with Crippen LogP contribution in [0.15, 0.2) is 199 Å². The van der Waals surface area contributed by atoms with Gasteiger partial charge in [0, 0.05) is 58.2 Å². The Balaban J connectivity index is 1.03. The van der Waals surface area contributed by atoms with Crippen LogP contribution in [0.1, 0.15) is 0 Å². The first-order chi connectivity index (χ1) is 29.2. The molecule has 0 fully saturated rings. The highest BCUT2D eigenvalue weighted by atomic mass is 32.1. The predicted octanol–water partition coefficient (Wildman–Crippen LogP) is 14.7. The summed E-state index contributed by atoms with van der Waals surface area (Å²) in [6.45, 7) is 0. The largest absolute Gasteiger partial charge is 0.309 e. The number of aromatic nitrogens is 2. The average molecular weight is 769 g/mol. The topological polar surface area (TPSA) is 26.4 Å². The van der Waals surface area contributed by atoms with E-state index in [2.05, 4.69) is 174 Å². The summed E-state index contributed by atoms with van der Waals surface area (Å²) in [5, 5.41) is 9.98. The summed E-state index contributed by atoms with van der Waals surface area (Å²) in [5.74, 6) is 0. The van der Waals surface area contributed by atoms with E-state index in [0.29, 0.717) is 0 Å². The molecule has 4 aromatic heterocycles. The lowest BCUT2D eigenvalue weighted by molar-refractivity contribution is 1.19. The zero-order valence-electron chi connectivity index (χ0n) is 31.7. The van der Waals surface area contributed by atoms with Gasteiger partial charge in [-0.05, 0) is 112 Å². The van der Waals surface area contributed by atoms with E-state index in [0.717, 1.165) is 49.2 Å². The second kappa shape index (κ2) is 12.2. The third kappa shape index (κ3) is 4.66. The quantitative estimate of drug-likeness (QED) is 0.164. The van der Waals surface area contributed by atoms with Gasteiger partial charge in [0.05, 0.1) is 22.1 Å². The van der Waals surface area contributed by atoms with Crippen LogP contribution in [0.25, 0.3) is 119 Å². The standard InChI is InChI=1S/C55H32N2OS/c58-55-43-19-5-4-16-40(43)45-30-37(31-46-42-18-7-9-22-49(42)57(55)54(45)46)39-20-11-23-52-53(39)47-32-38(25-27-51(47)59-52)56-48-21-8-6-17-41(48)44-29-36(24-26-50(44)56)35-15-10-14-34(28-35)33-12-2-1-3-13-33/h1-32H. The highest BCUT2D eigenvalue weighted by Gasteiger charge is 2.21. The minimum absolute atomic E-state index is 0.0315. The van der Waals surface area contributed by atoms with E-state index >= 15 is 0 Å². The molecule has 4 heteroatoms. The minimum Gasteiger partial charge on any atom is -0.309 e. The second-order valence-electron chi connectivity index (χ2n) is 15.6. The number of rotatable bonds is 4. The molecule has 0 unspecified atom stereocenters. The van der Waals surface area contributed by atoms with Crippen LogP contribution in [-0.2, 0) is 0 Å². The Labute approximate surface area is 342 Å². The maximum absolute atomic E-state index is 14.0. The highest BCUT2D eigenvalue weighted by Crippen LogP contribution is 2.45. The molecule has 3 nitrogen and oxygen atoms in total. The molecule has 9 aromatic carbocycles.